The van der Waals surface area contributed by atoms with Crippen molar-refractivity contribution >= 4 is 19.2 Å². The van der Waals surface area contributed by atoms with Gasteiger partial charge in [-0.1, -0.05) is 111 Å². The largest absolute Gasteiger partial charge is 1.00 e. The molecule has 3 aromatic carbocycles. The normalized spacial score (nSPS) is 20.0. The average Bonchev–Trinajstić information content (AvgIpc) is 3.34. The van der Waals surface area contributed by atoms with Gasteiger partial charge in [0.15, 0.2) is 0 Å². The standard InChI is InChI=1S/C30H32Si.Li.H/c1-21(23-12-6-5-7-13-23)18-24-20-30(28-17-11-9-15-26(24)28)31(3,4)29-19-22(2)25-14-8-10-16-27(25)29;;/h5-17,19-21,29-30H,18H2,1-4H3;;/q;+1;-1. The van der Waals surface area contributed by atoms with Crippen molar-refractivity contribution in [3.8, 4) is 0 Å². The van der Waals surface area contributed by atoms with Crippen molar-refractivity contribution in [3.63, 3.8) is 0 Å². The first-order chi connectivity index (χ1) is 15.0. The summed E-state index contributed by atoms with van der Waals surface area (Å²) in [7, 11) is -1.71. The molecule has 0 aromatic heterocycles. The van der Waals surface area contributed by atoms with E-state index in [1.807, 2.05) is 0 Å². The zero-order chi connectivity index (χ0) is 21.6. The van der Waals surface area contributed by atoms with E-state index in [1.165, 1.54) is 22.3 Å². The first kappa shape index (κ1) is 23.1. The van der Waals surface area contributed by atoms with Crippen molar-refractivity contribution in [2.45, 2.75) is 50.4 Å². The Labute approximate surface area is 208 Å². The summed E-state index contributed by atoms with van der Waals surface area (Å²) in [5.41, 5.74) is 11.6. The number of allylic oxidation sites excluding steroid dienone is 4. The summed E-state index contributed by atoms with van der Waals surface area (Å²) in [6, 6.07) is 29.2. The van der Waals surface area contributed by atoms with E-state index in [-0.39, 0.29) is 20.3 Å². The SMILES string of the molecule is CC1=CC([Si](C)(C)C2C=C(CC(C)c3ccccc3)c3ccccc32)c2ccccc21.[H-].[Li+]. The van der Waals surface area contributed by atoms with Crippen LogP contribution in [0.25, 0.3) is 11.1 Å². The maximum Gasteiger partial charge on any atom is 1.00 e. The maximum atomic E-state index is 2.65. The first-order valence-electron chi connectivity index (χ1n) is 11.6. The maximum absolute atomic E-state index is 2.65. The van der Waals surface area contributed by atoms with Gasteiger partial charge in [0.05, 0.1) is 8.07 Å². The molecule has 158 valence electrons. The molecule has 32 heavy (non-hydrogen) atoms. The molecule has 3 unspecified atom stereocenters. The Kier molecular flexibility index (Phi) is 6.55. The average molecular weight is 429 g/mol. The minimum Gasteiger partial charge on any atom is -1.00 e. The van der Waals surface area contributed by atoms with Crippen molar-refractivity contribution in [2.24, 2.45) is 0 Å². The Morgan fingerprint density at radius 1 is 0.750 bits per heavy atom. The van der Waals surface area contributed by atoms with E-state index in [4.69, 9.17) is 0 Å². The van der Waals surface area contributed by atoms with Gasteiger partial charge in [0.25, 0.3) is 0 Å². The number of fused-ring (bicyclic) bond motifs is 2. The molecule has 0 saturated heterocycles. The predicted octanol–water partition coefficient (Wildman–Crippen LogP) is 5.47. The van der Waals surface area contributed by atoms with Gasteiger partial charge in [-0.15, -0.1) is 0 Å². The molecule has 5 rings (SSSR count). The molecule has 0 nitrogen and oxygen atoms in total. The van der Waals surface area contributed by atoms with Crippen LogP contribution in [-0.4, -0.2) is 8.07 Å². The molecule has 0 N–H and O–H groups in total. The molecule has 0 saturated carbocycles. The molecular formula is C30H33LiSi. The third-order valence-corrected chi connectivity index (χ3v) is 11.8. The van der Waals surface area contributed by atoms with Crippen LogP contribution in [0.4, 0.5) is 0 Å². The summed E-state index contributed by atoms with van der Waals surface area (Å²) < 4.78 is 0. The molecule has 0 bridgehead atoms. The second kappa shape index (κ2) is 9.07. The van der Waals surface area contributed by atoms with Crippen molar-refractivity contribution in [3.05, 3.63) is 119 Å². The second-order valence-electron chi connectivity index (χ2n) is 10.0. The van der Waals surface area contributed by atoms with Crippen molar-refractivity contribution in [1.29, 1.82) is 0 Å². The van der Waals surface area contributed by atoms with Gasteiger partial charge < -0.3 is 1.43 Å². The summed E-state index contributed by atoms with van der Waals surface area (Å²) in [6.07, 6.45) is 6.33. The van der Waals surface area contributed by atoms with Crippen LogP contribution in [0.15, 0.2) is 91.0 Å². The molecule has 0 fully saturated rings. The summed E-state index contributed by atoms with van der Waals surface area (Å²) in [5, 5.41) is 0. The molecule has 0 radical (unpaired) electrons. The number of rotatable bonds is 5. The fourth-order valence-corrected chi connectivity index (χ4v) is 9.63. The summed E-state index contributed by atoms with van der Waals surface area (Å²) in [4.78, 5) is 0. The number of hydrogen-bond donors (Lipinski definition) is 0. The van der Waals surface area contributed by atoms with E-state index in [2.05, 4.69) is 118 Å². The van der Waals surface area contributed by atoms with Crippen LogP contribution in [-0.2, 0) is 0 Å². The molecule has 2 aliphatic rings. The van der Waals surface area contributed by atoms with Gasteiger partial charge in [-0.05, 0) is 69.3 Å². The number of benzene rings is 3. The third-order valence-electron chi connectivity index (χ3n) is 7.64. The molecule has 0 aliphatic heterocycles. The van der Waals surface area contributed by atoms with Crippen molar-refractivity contribution in [1.82, 2.24) is 0 Å². The molecule has 0 heterocycles. The van der Waals surface area contributed by atoms with E-state index in [0.717, 1.165) is 6.42 Å². The smallest absolute Gasteiger partial charge is 1.00 e. The van der Waals surface area contributed by atoms with Crippen LogP contribution in [0.1, 0.15) is 66.5 Å². The van der Waals surface area contributed by atoms with E-state index in [0.29, 0.717) is 17.0 Å². The van der Waals surface area contributed by atoms with Crippen LogP contribution in [0, 0.1) is 0 Å². The molecule has 0 spiro atoms. The third kappa shape index (κ3) is 3.92. The zero-order valence-corrected chi connectivity index (χ0v) is 21.1. The van der Waals surface area contributed by atoms with Gasteiger partial charge in [-0.2, -0.15) is 0 Å². The van der Waals surface area contributed by atoms with Crippen LogP contribution in [0.3, 0.4) is 0 Å². The fraction of sp³-hybridized carbons (Fsp3) is 0.267. The fourth-order valence-electron chi connectivity index (χ4n) is 5.83. The van der Waals surface area contributed by atoms with Gasteiger partial charge in [0.1, 0.15) is 0 Å². The number of hydrogen-bond acceptors (Lipinski definition) is 0. The van der Waals surface area contributed by atoms with Gasteiger partial charge in [0, 0.05) is 0 Å². The molecule has 0 amide bonds. The van der Waals surface area contributed by atoms with Gasteiger partial charge in [0.2, 0.25) is 0 Å². The minimum atomic E-state index is -1.71. The van der Waals surface area contributed by atoms with Crippen LogP contribution < -0.4 is 18.9 Å². The molecule has 3 aromatic rings. The van der Waals surface area contributed by atoms with Crippen LogP contribution >= 0.6 is 0 Å². The van der Waals surface area contributed by atoms with E-state index in [1.54, 1.807) is 16.7 Å². The second-order valence-corrected chi connectivity index (χ2v) is 14.9. The summed E-state index contributed by atoms with van der Waals surface area (Å²) in [5.74, 6) is 0.526. The van der Waals surface area contributed by atoms with Crippen LogP contribution in [0.5, 0.6) is 0 Å². The topological polar surface area (TPSA) is 0 Å². The monoisotopic (exact) mass is 428 g/mol. The quantitative estimate of drug-likeness (QED) is 0.473. The molecule has 2 aliphatic carbocycles. The van der Waals surface area contributed by atoms with Crippen molar-refractivity contribution < 1.29 is 20.3 Å². The molecular weight excluding hydrogens is 395 g/mol. The molecule has 3 atom stereocenters. The Morgan fingerprint density at radius 3 is 1.97 bits per heavy atom. The summed E-state index contributed by atoms with van der Waals surface area (Å²) in [6.45, 7) is 9.86. The van der Waals surface area contributed by atoms with E-state index in [9.17, 15) is 0 Å². The van der Waals surface area contributed by atoms with Gasteiger partial charge >= 0.3 is 18.9 Å². The predicted molar refractivity (Wildman–Crippen MR) is 138 cm³/mol. The van der Waals surface area contributed by atoms with Crippen molar-refractivity contribution in [2.75, 3.05) is 0 Å². The first-order valence-corrected chi connectivity index (χ1v) is 14.7. The summed E-state index contributed by atoms with van der Waals surface area (Å²) >= 11 is 0. The zero-order valence-electron chi connectivity index (χ0n) is 21.1. The molecule has 2 heteroatoms. The van der Waals surface area contributed by atoms with E-state index >= 15 is 0 Å². The van der Waals surface area contributed by atoms with Crippen LogP contribution in [0.2, 0.25) is 13.1 Å². The van der Waals surface area contributed by atoms with Gasteiger partial charge in [-0.25, -0.2) is 0 Å². The van der Waals surface area contributed by atoms with E-state index < -0.39 is 8.07 Å². The van der Waals surface area contributed by atoms with Gasteiger partial charge in [-0.3, -0.25) is 0 Å². The Bertz CT molecular complexity index is 1180. The Morgan fingerprint density at radius 2 is 1.28 bits per heavy atom. The Hall–Kier alpha value is -2.05. The minimum absolute atomic E-state index is 0. The Balaban J connectivity index is 0.00000153.